The van der Waals surface area contributed by atoms with Crippen molar-refractivity contribution in [1.82, 2.24) is 10.2 Å². The van der Waals surface area contributed by atoms with Crippen LogP contribution in [0.25, 0.3) is 0 Å². The maximum atomic E-state index is 13.8. The number of hydrogen-bond acceptors (Lipinski definition) is 4. The molecule has 0 radical (unpaired) electrons. The maximum Gasteiger partial charge on any atom is 0.254 e. The van der Waals surface area contributed by atoms with Crippen LogP contribution in [0.2, 0.25) is 0 Å². The van der Waals surface area contributed by atoms with Gasteiger partial charge in [0.15, 0.2) is 0 Å². The van der Waals surface area contributed by atoms with Crippen LogP contribution in [0.5, 0.6) is 0 Å². The van der Waals surface area contributed by atoms with Crippen molar-refractivity contribution in [1.29, 1.82) is 0 Å². The Bertz CT molecular complexity index is 969. The van der Waals surface area contributed by atoms with Crippen LogP contribution < -0.4 is 10.2 Å². The van der Waals surface area contributed by atoms with E-state index in [-0.39, 0.29) is 5.56 Å². The summed E-state index contributed by atoms with van der Waals surface area (Å²) < 4.78 is 26.8. The van der Waals surface area contributed by atoms with Crippen LogP contribution in [-0.4, -0.2) is 55.3 Å². The molecular formula is C23H25F2N3OS. The van der Waals surface area contributed by atoms with Crippen LogP contribution in [0, 0.1) is 11.6 Å². The van der Waals surface area contributed by atoms with Crippen molar-refractivity contribution in [3.63, 3.8) is 0 Å². The third-order valence-corrected chi connectivity index (χ3v) is 7.60. The van der Waals surface area contributed by atoms with E-state index in [1.807, 2.05) is 11.8 Å². The van der Waals surface area contributed by atoms with Crippen LogP contribution in [0.15, 0.2) is 41.3 Å². The molecule has 3 heterocycles. The zero-order chi connectivity index (χ0) is 20.7. The largest absolute Gasteiger partial charge is 0.367 e. The van der Waals surface area contributed by atoms with E-state index >= 15 is 0 Å². The highest BCUT2D eigenvalue weighted by Crippen LogP contribution is 2.50. The lowest BCUT2D eigenvalue weighted by Gasteiger charge is -2.39. The summed E-state index contributed by atoms with van der Waals surface area (Å²) in [5.74, 6) is -0.323. The highest BCUT2D eigenvalue weighted by atomic mass is 32.2. The first-order valence-corrected chi connectivity index (χ1v) is 11.6. The molecule has 1 amide bonds. The van der Waals surface area contributed by atoms with Gasteiger partial charge in [-0.05, 0) is 42.4 Å². The van der Waals surface area contributed by atoms with E-state index in [2.05, 4.69) is 33.3 Å². The molecule has 0 unspecified atom stereocenters. The van der Waals surface area contributed by atoms with Gasteiger partial charge in [-0.15, -0.1) is 11.8 Å². The van der Waals surface area contributed by atoms with E-state index in [9.17, 15) is 13.6 Å². The van der Waals surface area contributed by atoms with E-state index in [0.29, 0.717) is 18.5 Å². The monoisotopic (exact) mass is 429 g/mol. The summed E-state index contributed by atoms with van der Waals surface area (Å²) in [5.41, 5.74) is 2.81. The number of nitrogens with zero attached hydrogens (tertiary/aromatic N) is 2. The summed E-state index contributed by atoms with van der Waals surface area (Å²) in [6, 6.07) is 10.3. The van der Waals surface area contributed by atoms with Gasteiger partial charge in [-0.3, -0.25) is 4.79 Å². The SMILES string of the molecule is O=C(NCCN1CC[C@H]2[C@@H](C1)c1cccc3c1N2CCCS3)c1ccc(F)cc1F. The lowest BCUT2D eigenvalue weighted by atomic mass is 9.89. The van der Waals surface area contributed by atoms with Crippen molar-refractivity contribution in [3.05, 3.63) is 59.2 Å². The Morgan fingerprint density at radius 3 is 2.97 bits per heavy atom. The third-order valence-electron chi connectivity index (χ3n) is 6.47. The van der Waals surface area contributed by atoms with Crippen molar-refractivity contribution >= 4 is 23.4 Å². The number of thioether (sulfide) groups is 1. The summed E-state index contributed by atoms with van der Waals surface area (Å²) in [4.78, 5) is 18.7. The second-order valence-electron chi connectivity index (χ2n) is 8.23. The number of likely N-dealkylation sites (tertiary alicyclic amines) is 1. The number of anilines is 1. The second-order valence-corrected chi connectivity index (χ2v) is 9.37. The first kappa shape index (κ1) is 19.8. The van der Waals surface area contributed by atoms with Gasteiger partial charge >= 0.3 is 0 Å². The summed E-state index contributed by atoms with van der Waals surface area (Å²) in [6.45, 7) is 4.27. The molecule has 1 saturated heterocycles. The Balaban J connectivity index is 1.22. The van der Waals surface area contributed by atoms with Crippen molar-refractivity contribution in [2.75, 3.05) is 43.4 Å². The first-order valence-electron chi connectivity index (χ1n) is 10.6. The Morgan fingerprint density at radius 1 is 1.20 bits per heavy atom. The van der Waals surface area contributed by atoms with Crippen LogP contribution >= 0.6 is 11.8 Å². The van der Waals surface area contributed by atoms with Gasteiger partial charge in [0.1, 0.15) is 11.6 Å². The molecule has 2 aromatic rings. The number of rotatable bonds is 4. The fourth-order valence-electron chi connectivity index (χ4n) is 5.11. The first-order chi connectivity index (χ1) is 14.6. The number of nitrogens with one attached hydrogen (secondary N) is 1. The number of fused-ring (bicyclic) bond motifs is 3. The molecule has 2 atom stereocenters. The minimum absolute atomic E-state index is 0.116. The van der Waals surface area contributed by atoms with Gasteiger partial charge < -0.3 is 15.1 Å². The van der Waals surface area contributed by atoms with Crippen molar-refractivity contribution < 1.29 is 13.6 Å². The van der Waals surface area contributed by atoms with E-state index in [1.165, 1.54) is 34.4 Å². The number of hydrogen-bond donors (Lipinski definition) is 1. The zero-order valence-corrected chi connectivity index (χ0v) is 17.6. The number of benzene rings is 2. The summed E-state index contributed by atoms with van der Waals surface area (Å²) in [7, 11) is 0. The molecule has 30 heavy (non-hydrogen) atoms. The molecule has 1 N–H and O–H groups in total. The van der Waals surface area contributed by atoms with Gasteiger partial charge in [0.25, 0.3) is 5.91 Å². The molecule has 5 rings (SSSR count). The van der Waals surface area contributed by atoms with Crippen molar-refractivity contribution in [2.24, 2.45) is 0 Å². The summed E-state index contributed by atoms with van der Waals surface area (Å²) in [5, 5.41) is 2.78. The smallest absolute Gasteiger partial charge is 0.254 e. The van der Waals surface area contributed by atoms with Crippen molar-refractivity contribution in [3.8, 4) is 0 Å². The highest BCUT2D eigenvalue weighted by Gasteiger charge is 2.43. The summed E-state index contributed by atoms with van der Waals surface area (Å²) >= 11 is 1.97. The molecule has 7 heteroatoms. The van der Waals surface area contributed by atoms with E-state index in [1.54, 1.807) is 0 Å². The lowest BCUT2D eigenvalue weighted by Crippen LogP contribution is -2.48. The van der Waals surface area contributed by atoms with Gasteiger partial charge in [0, 0.05) is 55.6 Å². The van der Waals surface area contributed by atoms with Crippen LogP contribution in [0.3, 0.4) is 0 Å². The molecule has 0 saturated carbocycles. The Hall–Kier alpha value is -2.12. The van der Waals surface area contributed by atoms with E-state index < -0.39 is 17.5 Å². The average Bonchev–Trinajstić information content (AvgIpc) is 2.89. The minimum Gasteiger partial charge on any atom is -0.367 e. The standard InChI is InChI=1S/C23H25F2N3OS/c24-15-5-6-17(19(25)13-15)23(29)26-8-11-27-10-7-20-18(14-27)16-3-1-4-21-22(16)28(20)9-2-12-30-21/h1,3-6,13,18,20H,2,7-12,14H2,(H,26,29)/t18-,20-/m0/s1. The van der Waals surface area contributed by atoms with Gasteiger partial charge in [0.2, 0.25) is 0 Å². The van der Waals surface area contributed by atoms with Crippen LogP contribution in [-0.2, 0) is 0 Å². The normalized spacial score (nSPS) is 22.9. The Labute approximate surface area is 179 Å². The van der Waals surface area contributed by atoms with E-state index in [0.717, 1.165) is 44.7 Å². The average molecular weight is 430 g/mol. The molecule has 0 aliphatic carbocycles. The predicted molar refractivity (Wildman–Crippen MR) is 115 cm³/mol. The Kier molecular flexibility index (Phi) is 5.41. The molecule has 4 nitrogen and oxygen atoms in total. The molecule has 0 bridgehead atoms. The number of amides is 1. The summed E-state index contributed by atoms with van der Waals surface area (Å²) in [6.07, 6.45) is 2.34. The molecule has 3 aliphatic heterocycles. The Morgan fingerprint density at radius 2 is 2.10 bits per heavy atom. The van der Waals surface area contributed by atoms with Gasteiger partial charge in [-0.2, -0.15) is 0 Å². The van der Waals surface area contributed by atoms with Crippen molar-refractivity contribution in [2.45, 2.75) is 29.7 Å². The molecule has 1 fully saturated rings. The molecule has 3 aliphatic rings. The van der Waals surface area contributed by atoms with Gasteiger partial charge in [-0.1, -0.05) is 12.1 Å². The lowest BCUT2D eigenvalue weighted by molar-refractivity contribution is 0.0940. The molecule has 0 aromatic heterocycles. The maximum absolute atomic E-state index is 13.8. The fourth-order valence-corrected chi connectivity index (χ4v) is 6.15. The molecule has 0 spiro atoms. The molecule has 158 valence electrons. The van der Waals surface area contributed by atoms with E-state index in [4.69, 9.17) is 0 Å². The van der Waals surface area contributed by atoms with Gasteiger partial charge in [0.05, 0.1) is 11.3 Å². The zero-order valence-electron chi connectivity index (χ0n) is 16.7. The molecular weight excluding hydrogens is 404 g/mol. The second kappa shape index (κ2) is 8.19. The predicted octanol–water partition coefficient (Wildman–Crippen LogP) is 3.87. The van der Waals surface area contributed by atoms with Crippen LogP contribution in [0.4, 0.5) is 14.5 Å². The minimum atomic E-state index is -0.828. The number of carbonyl (C=O) groups is 1. The quantitative estimate of drug-likeness (QED) is 0.801. The number of carbonyl (C=O) groups excluding carboxylic acids is 1. The third kappa shape index (κ3) is 3.58. The highest BCUT2D eigenvalue weighted by molar-refractivity contribution is 7.99. The number of piperidine rings is 1. The van der Waals surface area contributed by atoms with Crippen LogP contribution in [0.1, 0.15) is 34.7 Å². The number of para-hydroxylation sites is 1. The van der Waals surface area contributed by atoms with Gasteiger partial charge in [-0.25, -0.2) is 8.78 Å². The fraction of sp³-hybridized carbons (Fsp3) is 0.435. The topological polar surface area (TPSA) is 35.6 Å². The number of halogens is 2. The molecule has 2 aromatic carbocycles.